The fourth-order valence-corrected chi connectivity index (χ4v) is 3.16. The molecule has 0 spiro atoms. The number of hydrogen-bond acceptors (Lipinski definition) is 11. The fourth-order valence-electron chi connectivity index (χ4n) is 3.16. The van der Waals surface area contributed by atoms with E-state index in [0.717, 1.165) is 0 Å². The molecular weight excluding hydrogens is 500 g/mol. The van der Waals surface area contributed by atoms with Gasteiger partial charge in [0.1, 0.15) is 0 Å². The lowest BCUT2D eigenvalue weighted by atomic mass is 10.1. The predicted molar refractivity (Wildman–Crippen MR) is 139 cm³/mol. The van der Waals surface area contributed by atoms with E-state index in [9.17, 15) is 9.59 Å². The molecule has 12 heteroatoms. The van der Waals surface area contributed by atoms with Crippen LogP contribution in [0, 0.1) is 0 Å². The molecule has 0 aliphatic carbocycles. The van der Waals surface area contributed by atoms with Crippen molar-refractivity contribution in [2.24, 2.45) is 0 Å². The summed E-state index contributed by atoms with van der Waals surface area (Å²) in [6.07, 6.45) is 0.685. The quantitative estimate of drug-likeness (QED) is 0.137. The van der Waals surface area contributed by atoms with Gasteiger partial charge in [0.2, 0.25) is 0 Å². The first-order chi connectivity index (χ1) is 18.7. The van der Waals surface area contributed by atoms with Crippen molar-refractivity contribution in [3.8, 4) is 0 Å². The van der Waals surface area contributed by atoms with Crippen molar-refractivity contribution in [2.75, 3.05) is 99.1 Å². The van der Waals surface area contributed by atoms with Crippen LogP contribution in [-0.4, -0.2) is 120 Å². The van der Waals surface area contributed by atoms with Crippen molar-refractivity contribution in [3.05, 3.63) is 40.3 Å². The molecule has 0 aliphatic heterocycles. The Morgan fingerprint density at radius 3 is 1.63 bits per heavy atom. The van der Waals surface area contributed by atoms with Crippen molar-refractivity contribution in [3.63, 3.8) is 0 Å². The first kappa shape index (κ1) is 31.9. The summed E-state index contributed by atoms with van der Waals surface area (Å²) in [5.41, 5.74) is 0.655. The molecule has 1 aromatic heterocycles. The molecule has 0 atom stereocenters. The zero-order valence-corrected chi connectivity index (χ0v) is 21.9. The van der Waals surface area contributed by atoms with Gasteiger partial charge >= 0.3 is 0 Å². The maximum Gasteiger partial charge on any atom is 0.278 e. The summed E-state index contributed by atoms with van der Waals surface area (Å²) in [4.78, 5) is 31.3. The average molecular weight is 541 g/mol. The zero-order valence-electron chi connectivity index (χ0n) is 21.9. The summed E-state index contributed by atoms with van der Waals surface area (Å²) in [7, 11) is 0. The van der Waals surface area contributed by atoms with Crippen LogP contribution in [-0.2, 0) is 33.2 Å². The SMILES string of the molecule is O=C(CCCOCCOCCOCCOCCOCCOCCOCCO)c1nc2ccccc2[nH]c1=O. The van der Waals surface area contributed by atoms with Gasteiger partial charge in [-0.2, -0.15) is 0 Å². The topological polar surface area (TPSA) is 148 Å². The number of aromatic amines is 1. The van der Waals surface area contributed by atoms with E-state index in [-0.39, 0.29) is 24.5 Å². The van der Waals surface area contributed by atoms with E-state index in [1.165, 1.54) is 0 Å². The molecule has 0 fully saturated rings. The average Bonchev–Trinajstić information content (AvgIpc) is 2.93. The van der Waals surface area contributed by atoms with Gasteiger partial charge in [-0.15, -0.1) is 0 Å². The third kappa shape index (κ3) is 14.6. The molecule has 2 aromatic rings. The van der Waals surface area contributed by atoms with Gasteiger partial charge in [0.15, 0.2) is 11.5 Å². The number of carbonyl (C=O) groups is 1. The molecule has 214 valence electrons. The minimum Gasteiger partial charge on any atom is -0.394 e. The molecular formula is C26H40N2O10. The second kappa shape index (κ2) is 21.6. The zero-order chi connectivity index (χ0) is 27.1. The number of ether oxygens (including phenoxy) is 7. The van der Waals surface area contributed by atoms with E-state index in [1.54, 1.807) is 24.3 Å². The molecule has 1 heterocycles. The molecule has 0 saturated heterocycles. The highest BCUT2D eigenvalue weighted by Gasteiger charge is 2.13. The number of fused-ring (bicyclic) bond motifs is 1. The number of Topliss-reactive ketones (excluding diaryl/α,β-unsaturated/α-hetero) is 1. The van der Waals surface area contributed by atoms with Gasteiger partial charge in [0, 0.05) is 13.0 Å². The Hall–Kier alpha value is -2.29. The minimum atomic E-state index is -0.471. The summed E-state index contributed by atoms with van der Waals surface area (Å²) in [5, 5.41) is 8.56. The lowest BCUT2D eigenvalue weighted by Crippen LogP contribution is -2.20. The van der Waals surface area contributed by atoms with Crippen molar-refractivity contribution < 1.29 is 43.1 Å². The number of para-hydroxylation sites is 2. The molecule has 0 saturated carbocycles. The van der Waals surface area contributed by atoms with Gasteiger partial charge in [-0.25, -0.2) is 4.98 Å². The molecule has 0 aliphatic rings. The van der Waals surface area contributed by atoms with Gasteiger partial charge in [-0.3, -0.25) is 9.59 Å². The van der Waals surface area contributed by atoms with E-state index >= 15 is 0 Å². The first-order valence-corrected chi connectivity index (χ1v) is 12.9. The molecule has 38 heavy (non-hydrogen) atoms. The minimum absolute atomic E-state index is 0.0172. The van der Waals surface area contributed by atoms with Crippen molar-refractivity contribution in [2.45, 2.75) is 12.8 Å². The maximum atomic E-state index is 12.3. The number of aliphatic hydroxyl groups is 1. The van der Waals surface area contributed by atoms with Crippen LogP contribution in [0.3, 0.4) is 0 Å². The molecule has 12 nitrogen and oxygen atoms in total. The van der Waals surface area contributed by atoms with Crippen LogP contribution in [0.4, 0.5) is 0 Å². The summed E-state index contributed by atoms with van der Waals surface area (Å²) in [5.74, 6) is -0.298. The number of benzene rings is 1. The Morgan fingerprint density at radius 1 is 0.684 bits per heavy atom. The number of H-pyrrole nitrogens is 1. The number of hydrogen-bond donors (Lipinski definition) is 2. The molecule has 2 N–H and O–H groups in total. The Balaban J connectivity index is 1.31. The molecule has 2 rings (SSSR count). The van der Waals surface area contributed by atoms with Crippen LogP contribution in [0.15, 0.2) is 29.1 Å². The van der Waals surface area contributed by atoms with Gasteiger partial charge in [-0.1, -0.05) is 12.1 Å². The van der Waals surface area contributed by atoms with Crippen LogP contribution >= 0.6 is 0 Å². The smallest absolute Gasteiger partial charge is 0.278 e. The van der Waals surface area contributed by atoms with Crippen LogP contribution in [0.2, 0.25) is 0 Å². The predicted octanol–water partition coefficient (Wildman–Crippen LogP) is 0.995. The van der Waals surface area contributed by atoms with Crippen LogP contribution in [0.25, 0.3) is 11.0 Å². The molecule has 0 amide bonds. The molecule has 0 unspecified atom stereocenters. The third-order valence-corrected chi connectivity index (χ3v) is 5.02. The van der Waals surface area contributed by atoms with Gasteiger partial charge in [0.25, 0.3) is 5.56 Å². The highest BCUT2D eigenvalue weighted by molar-refractivity contribution is 5.95. The first-order valence-electron chi connectivity index (χ1n) is 12.9. The number of aromatic nitrogens is 2. The van der Waals surface area contributed by atoms with E-state index in [0.29, 0.717) is 110 Å². The number of ketones is 1. The van der Waals surface area contributed by atoms with Gasteiger partial charge in [-0.05, 0) is 18.6 Å². The molecule has 1 aromatic carbocycles. The lowest BCUT2D eigenvalue weighted by molar-refractivity contribution is -0.0215. The van der Waals surface area contributed by atoms with Crippen molar-refractivity contribution in [1.82, 2.24) is 9.97 Å². The highest BCUT2D eigenvalue weighted by Crippen LogP contribution is 2.07. The number of nitrogens with zero attached hydrogens (tertiary/aromatic N) is 1. The normalized spacial score (nSPS) is 11.4. The second-order valence-electron chi connectivity index (χ2n) is 7.97. The van der Waals surface area contributed by atoms with Gasteiger partial charge < -0.3 is 43.2 Å². The van der Waals surface area contributed by atoms with E-state index < -0.39 is 5.56 Å². The summed E-state index contributed by atoms with van der Waals surface area (Å²) in [6, 6.07) is 7.10. The highest BCUT2D eigenvalue weighted by atomic mass is 16.6. The Morgan fingerprint density at radius 2 is 1.13 bits per heavy atom. The van der Waals surface area contributed by atoms with Crippen molar-refractivity contribution >= 4 is 16.8 Å². The molecule has 0 radical (unpaired) electrons. The maximum absolute atomic E-state index is 12.3. The van der Waals surface area contributed by atoms with Crippen LogP contribution in [0.5, 0.6) is 0 Å². The Bertz CT molecular complexity index is 940. The Kier molecular flexibility index (Phi) is 18.2. The third-order valence-electron chi connectivity index (χ3n) is 5.02. The van der Waals surface area contributed by atoms with E-state index in [2.05, 4.69) is 9.97 Å². The number of aliphatic hydroxyl groups excluding tert-OH is 1. The largest absolute Gasteiger partial charge is 0.394 e. The number of rotatable bonds is 25. The standard InChI is InChI=1S/C26H40N2O10/c29-7-9-33-11-13-35-15-17-37-19-21-38-20-18-36-16-14-34-12-10-32-8-3-6-24(30)25-26(31)28-23-5-2-1-4-22(23)27-25/h1-2,4-5,29H,3,6-21H2,(H,28,31). The molecule has 0 bridgehead atoms. The van der Waals surface area contributed by atoms with Crippen molar-refractivity contribution in [1.29, 1.82) is 0 Å². The van der Waals surface area contributed by atoms with Gasteiger partial charge in [0.05, 0.1) is 104 Å². The summed E-state index contributed by atoms with van der Waals surface area (Å²) in [6.45, 7) is 6.32. The summed E-state index contributed by atoms with van der Waals surface area (Å²) < 4.78 is 37.5. The number of nitrogens with one attached hydrogen (secondary N) is 1. The van der Waals surface area contributed by atoms with E-state index in [4.69, 9.17) is 38.3 Å². The van der Waals surface area contributed by atoms with E-state index in [1.807, 2.05) is 0 Å². The number of carbonyl (C=O) groups excluding carboxylic acids is 1. The van der Waals surface area contributed by atoms with Crippen LogP contribution in [0.1, 0.15) is 23.3 Å². The lowest BCUT2D eigenvalue weighted by Gasteiger charge is -2.08. The fraction of sp³-hybridized carbons (Fsp3) is 0.654. The monoisotopic (exact) mass is 540 g/mol. The second-order valence-corrected chi connectivity index (χ2v) is 7.97. The Labute approximate surface area is 222 Å². The summed E-state index contributed by atoms with van der Waals surface area (Å²) >= 11 is 0. The van der Waals surface area contributed by atoms with Crippen LogP contribution < -0.4 is 5.56 Å².